The minimum atomic E-state index is -4.86. The molecule has 2 rings (SSSR count). The Balaban J connectivity index is 2.91. The SMILES string of the molecule is CC(C)Sc1c([N+](=O)[O-])cc([N+](=O)[O-])c2nc(C(F)(F)F)[nH]c12. The van der Waals surface area contributed by atoms with Crippen LogP contribution in [0, 0.1) is 20.2 Å². The number of nitrogens with zero attached hydrogens (tertiary/aromatic N) is 3. The number of aromatic nitrogens is 2. The van der Waals surface area contributed by atoms with Gasteiger partial charge in [0.05, 0.1) is 21.4 Å². The van der Waals surface area contributed by atoms with E-state index < -0.39 is 38.7 Å². The van der Waals surface area contributed by atoms with Crippen molar-refractivity contribution in [2.75, 3.05) is 0 Å². The van der Waals surface area contributed by atoms with Crippen molar-refractivity contribution in [3.05, 3.63) is 32.1 Å². The number of hydrogen-bond acceptors (Lipinski definition) is 6. The third-order valence-corrected chi connectivity index (χ3v) is 3.82. The summed E-state index contributed by atoms with van der Waals surface area (Å²) in [5.41, 5.74) is -2.42. The Labute approximate surface area is 130 Å². The van der Waals surface area contributed by atoms with Gasteiger partial charge in [-0.05, 0) is 0 Å². The highest BCUT2D eigenvalue weighted by molar-refractivity contribution is 8.00. The minimum Gasteiger partial charge on any atom is -0.333 e. The number of non-ortho nitro benzene ring substituents is 1. The number of H-pyrrole nitrogens is 1. The summed E-state index contributed by atoms with van der Waals surface area (Å²) in [6.45, 7) is 3.37. The average Bonchev–Trinajstić information content (AvgIpc) is 2.82. The maximum Gasteiger partial charge on any atom is 0.449 e. The van der Waals surface area contributed by atoms with Crippen LogP contribution in [0.5, 0.6) is 0 Å². The summed E-state index contributed by atoms with van der Waals surface area (Å²) in [6.07, 6.45) is -4.86. The number of alkyl halides is 3. The Kier molecular flexibility index (Phi) is 4.20. The molecule has 0 amide bonds. The van der Waals surface area contributed by atoms with E-state index in [9.17, 15) is 33.4 Å². The second-order valence-electron chi connectivity index (χ2n) is 4.73. The predicted octanol–water partition coefficient (Wildman–Crippen LogP) is 3.90. The molecule has 124 valence electrons. The largest absolute Gasteiger partial charge is 0.449 e. The zero-order valence-electron chi connectivity index (χ0n) is 11.7. The summed E-state index contributed by atoms with van der Waals surface area (Å²) < 4.78 is 38.4. The van der Waals surface area contributed by atoms with Gasteiger partial charge in [-0.2, -0.15) is 13.2 Å². The molecule has 0 aliphatic rings. The Morgan fingerprint density at radius 1 is 1.22 bits per heavy atom. The van der Waals surface area contributed by atoms with Gasteiger partial charge in [-0.3, -0.25) is 20.2 Å². The highest BCUT2D eigenvalue weighted by Gasteiger charge is 2.38. The van der Waals surface area contributed by atoms with Crippen molar-refractivity contribution in [2.45, 2.75) is 30.2 Å². The van der Waals surface area contributed by atoms with E-state index >= 15 is 0 Å². The number of nitrogens with one attached hydrogen (secondary N) is 1. The van der Waals surface area contributed by atoms with Gasteiger partial charge in [-0.25, -0.2) is 4.98 Å². The fourth-order valence-electron chi connectivity index (χ4n) is 1.88. The number of thioether (sulfide) groups is 1. The maximum atomic E-state index is 12.8. The number of aromatic amines is 1. The molecule has 0 saturated heterocycles. The lowest BCUT2D eigenvalue weighted by atomic mass is 10.2. The number of halogens is 3. The van der Waals surface area contributed by atoms with Gasteiger partial charge in [0.1, 0.15) is 4.90 Å². The molecule has 0 atom stereocenters. The highest BCUT2D eigenvalue weighted by atomic mass is 32.2. The van der Waals surface area contributed by atoms with Crippen LogP contribution in [-0.4, -0.2) is 25.1 Å². The van der Waals surface area contributed by atoms with Crippen molar-refractivity contribution in [1.29, 1.82) is 0 Å². The number of imidazole rings is 1. The molecule has 1 aromatic heterocycles. The lowest BCUT2D eigenvalue weighted by Gasteiger charge is -2.07. The molecule has 0 aliphatic carbocycles. The molecule has 23 heavy (non-hydrogen) atoms. The van der Waals surface area contributed by atoms with Crippen LogP contribution in [0.2, 0.25) is 0 Å². The van der Waals surface area contributed by atoms with Crippen molar-refractivity contribution >= 4 is 34.2 Å². The molecule has 0 aliphatic heterocycles. The molecule has 1 heterocycles. The molecule has 2 aromatic rings. The molecule has 0 fully saturated rings. The van der Waals surface area contributed by atoms with Crippen LogP contribution < -0.4 is 0 Å². The van der Waals surface area contributed by atoms with Gasteiger partial charge in [-0.1, -0.05) is 13.8 Å². The molecule has 0 saturated carbocycles. The minimum absolute atomic E-state index is 0.117. The number of rotatable bonds is 4. The van der Waals surface area contributed by atoms with E-state index in [0.29, 0.717) is 6.07 Å². The first-order valence-electron chi connectivity index (χ1n) is 6.11. The number of nitro benzene ring substituents is 2. The summed E-state index contributed by atoms with van der Waals surface area (Å²) in [5, 5.41) is 22.0. The van der Waals surface area contributed by atoms with Gasteiger partial charge in [0.15, 0.2) is 5.52 Å². The van der Waals surface area contributed by atoms with Crippen LogP contribution in [0.4, 0.5) is 24.5 Å². The first-order chi connectivity index (χ1) is 10.5. The molecular weight excluding hydrogens is 341 g/mol. The van der Waals surface area contributed by atoms with Gasteiger partial charge in [0, 0.05) is 5.25 Å². The van der Waals surface area contributed by atoms with Gasteiger partial charge in [0.2, 0.25) is 5.82 Å². The topological polar surface area (TPSA) is 115 Å². The van der Waals surface area contributed by atoms with Crippen LogP contribution in [-0.2, 0) is 6.18 Å². The summed E-state index contributed by atoms with van der Waals surface area (Å²) in [5.74, 6) is -1.44. The fraction of sp³-hybridized carbons (Fsp3) is 0.364. The van der Waals surface area contributed by atoms with Crippen molar-refractivity contribution in [3.8, 4) is 0 Å². The molecule has 12 heteroatoms. The number of benzene rings is 1. The predicted molar refractivity (Wildman–Crippen MR) is 75.4 cm³/mol. The second kappa shape index (κ2) is 5.68. The van der Waals surface area contributed by atoms with Gasteiger partial charge in [-0.15, -0.1) is 11.8 Å². The van der Waals surface area contributed by atoms with Gasteiger partial charge >= 0.3 is 11.9 Å². The zero-order valence-corrected chi connectivity index (χ0v) is 12.5. The molecule has 0 unspecified atom stereocenters. The first-order valence-corrected chi connectivity index (χ1v) is 6.99. The maximum absolute atomic E-state index is 12.8. The van der Waals surface area contributed by atoms with Crippen LogP contribution in [0.15, 0.2) is 11.0 Å². The van der Waals surface area contributed by atoms with Gasteiger partial charge < -0.3 is 4.98 Å². The molecule has 0 radical (unpaired) electrons. The lowest BCUT2D eigenvalue weighted by molar-refractivity contribution is -0.394. The standard InChI is InChI=1S/C11H9F3N4O4S/c1-4(2)23-9-6(18(21)22)3-5(17(19)20)7-8(9)16-10(15-7)11(12,13)14/h3-4H,1-2H3,(H,15,16). The number of nitro groups is 2. The van der Waals surface area contributed by atoms with E-state index in [4.69, 9.17) is 0 Å². The Morgan fingerprint density at radius 2 is 1.78 bits per heavy atom. The van der Waals surface area contributed by atoms with Gasteiger partial charge in [0.25, 0.3) is 5.69 Å². The molecular formula is C11H9F3N4O4S. The summed E-state index contributed by atoms with van der Waals surface area (Å²) in [7, 11) is 0. The number of hydrogen-bond donors (Lipinski definition) is 1. The smallest absolute Gasteiger partial charge is 0.333 e. The van der Waals surface area contributed by atoms with Crippen molar-refractivity contribution in [3.63, 3.8) is 0 Å². The third-order valence-electron chi connectivity index (χ3n) is 2.70. The van der Waals surface area contributed by atoms with Crippen molar-refractivity contribution in [2.24, 2.45) is 0 Å². The lowest BCUT2D eigenvalue weighted by Crippen LogP contribution is -2.07. The Hall–Kier alpha value is -2.37. The molecule has 8 nitrogen and oxygen atoms in total. The monoisotopic (exact) mass is 350 g/mol. The van der Waals surface area contributed by atoms with Crippen LogP contribution in [0.1, 0.15) is 19.7 Å². The van der Waals surface area contributed by atoms with E-state index in [1.807, 2.05) is 4.98 Å². The Bertz CT molecular complexity index is 803. The van der Waals surface area contributed by atoms with E-state index in [2.05, 4.69) is 4.98 Å². The quantitative estimate of drug-likeness (QED) is 0.508. The summed E-state index contributed by atoms with van der Waals surface area (Å²) >= 11 is 0.924. The van der Waals surface area contributed by atoms with E-state index in [0.717, 1.165) is 11.8 Å². The number of fused-ring (bicyclic) bond motifs is 1. The van der Waals surface area contributed by atoms with Crippen molar-refractivity contribution in [1.82, 2.24) is 9.97 Å². The summed E-state index contributed by atoms with van der Waals surface area (Å²) in [4.78, 5) is 25.3. The van der Waals surface area contributed by atoms with Crippen LogP contribution in [0.3, 0.4) is 0 Å². The molecule has 0 spiro atoms. The normalized spacial score (nSPS) is 12.1. The molecule has 1 N–H and O–H groups in total. The fourth-order valence-corrected chi connectivity index (χ4v) is 2.87. The summed E-state index contributed by atoms with van der Waals surface area (Å²) in [6, 6.07) is 0.633. The first kappa shape index (κ1) is 17.0. The van der Waals surface area contributed by atoms with Crippen molar-refractivity contribution < 1.29 is 23.0 Å². The zero-order chi connectivity index (χ0) is 17.5. The van der Waals surface area contributed by atoms with Crippen LogP contribution >= 0.6 is 11.8 Å². The molecule has 1 aromatic carbocycles. The average molecular weight is 350 g/mol. The van der Waals surface area contributed by atoms with E-state index in [-0.39, 0.29) is 15.7 Å². The van der Waals surface area contributed by atoms with E-state index in [1.165, 1.54) is 0 Å². The third kappa shape index (κ3) is 3.21. The second-order valence-corrected chi connectivity index (χ2v) is 6.32. The highest BCUT2D eigenvalue weighted by Crippen LogP contribution is 2.43. The Morgan fingerprint density at radius 3 is 2.22 bits per heavy atom. The van der Waals surface area contributed by atoms with E-state index in [1.54, 1.807) is 13.8 Å². The van der Waals surface area contributed by atoms with Crippen LogP contribution in [0.25, 0.3) is 11.0 Å². The molecule has 0 bridgehead atoms.